The first-order valence-electron chi connectivity index (χ1n) is 8.65. The van der Waals surface area contributed by atoms with Crippen molar-refractivity contribution in [2.45, 2.75) is 65.5 Å². The Bertz CT molecular complexity index is 308. The molecule has 1 aliphatic heterocycles. The Labute approximate surface area is 131 Å². The summed E-state index contributed by atoms with van der Waals surface area (Å²) in [6.07, 6.45) is 5.26. The molecule has 0 aromatic heterocycles. The minimum atomic E-state index is 0.217. The monoisotopic (exact) mass is 297 g/mol. The zero-order valence-electron chi connectivity index (χ0n) is 14.8. The van der Waals surface area contributed by atoms with Gasteiger partial charge in [-0.2, -0.15) is 0 Å². The second-order valence-corrected chi connectivity index (χ2v) is 6.67. The van der Waals surface area contributed by atoms with Gasteiger partial charge < -0.3 is 9.80 Å². The fourth-order valence-corrected chi connectivity index (χ4v) is 3.16. The summed E-state index contributed by atoms with van der Waals surface area (Å²) in [7, 11) is 2.19. The largest absolute Gasteiger partial charge is 0.337 e. The maximum Gasteiger partial charge on any atom is 0.219 e. The molecule has 4 nitrogen and oxygen atoms in total. The van der Waals surface area contributed by atoms with E-state index in [9.17, 15) is 4.79 Å². The van der Waals surface area contributed by atoms with E-state index in [0.717, 1.165) is 19.6 Å². The van der Waals surface area contributed by atoms with Gasteiger partial charge in [0, 0.05) is 32.1 Å². The van der Waals surface area contributed by atoms with E-state index in [2.05, 4.69) is 37.6 Å². The molecule has 21 heavy (non-hydrogen) atoms. The van der Waals surface area contributed by atoms with Gasteiger partial charge in [0.15, 0.2) is 0 Å². The molecule has 2 unspecified atom stereocenters. The fourth-order valence-electron chi connectivity index (χ4n) is 3.16. The highest BCUT2D eigenvalue weighted by atomic mass is 16.2. The molecule has 1 rings (SSSR count). The Morgan fingerprint density at radius 1 is 1.10 bits per heavy atom. The van der Waals surface area contributed by atoms with Crippen LogP contribution in [0.5, 0.6) is 0 Å². The van der Waals surface area contributed by atoms with Crippen molar-refractivity contribution in [2.75, 3.05) is 39.8 Å². The third kappa shape index (κ3) is 6.35. The molecule has 1 saturated heterocycles. The Hall–Kier alpha value is -0.610. The maximum atomic E-state index is 11.6. The van der Waals surface area contributed by atoms with Crippen LogP contribution < -0.4 is 0 Å². The highest BCUT2D eigenvalue weighted by Crippen LogP contribution is 2.16. The second kappa shape index (κ2) is 9.42. The maximum absolute atomic E-state index is 11.6. The van der Waals surface area contributed by atoms with Crippen LogP contribution >= 0.6 is 0 Å². The van der Waals surface area contributed by atoms with Crippen LogP contribution in [0.3, 0.4) is 0 Å². The fraction of sp³-hybridized carbons (Fsp3) is 0.941. The van der Waals surface area contributed by atoms with Crippen molar-refractivity contribution < 1.29 is 4.79 Å². The molecule has 1 amide bonds. The molecule has 2 atom stereocenters. The molecular weight excluding hydrogens is 262 g/mol. The Morgan fingerprint density at radius 2 is 1.76 bits per heavy atom. The lowest BCUT2D eigenvalue weighted by Crippen LogP contribution is -2.57. The predicted molar refractivity (Wildman–Crippen MR) is 89.5 cm³/mol. The molecule has 1 fully saturated rings. The Balaban J connectivity index is 2.17. The third-order valence-corrected chi connectivity index (χ3v) is 4.79. The van der Waals surface area contributed by atoms with Crippen LogP contribution in [0.15, 0.2) is 0 Å². The topological polar surface area (TPSA) is 26.8 Å². The first-order chi connectivity index (χ1) is 9.95. The SMILES string of the molecule is CCN(C)CCCCCCN1CC(C)N(C(C)=O)CC1C. The summed E-state index contributed by atoms with van der Waals surface area (Å²) >= 11 is 0. The summed E-state index contributed by atoms with van der Waals surface area (Å²) in [5.41, 5.74) is 0. The normalized spacial score (nSPS) is 23.8. The second-order valence-electron chi connectivity index (χ2n) is 6.67. The van der Waals surface area contributed by atoms with Crippen molar-refractivity contribution in [1.29, 1.82) is 0 Å². The molecule has 4 heteroatoms. The number of hydrogen-bond donors (Lipinski definition) is 0. The molecule has 1 aliphatic rings. The highest BCUT2D eigenvalue weighted by molar-refractivity contribution is 5.73. The molecule has 0 aromatic carbocycles. The van der Waals surface area contributed by atoms with Crippen LogP contribution in [-0.2, 0) is 4.79 Å². The Morgan fingerprint density at radius 3 is 2.38 bits per heavy atom. The van der Waals surface area contributed by atoms with Crippen LogP contribution in [0.1, 0.15) is 53.4 Å². The summed E-state index contributed by atoms with van der Waals surface area (Å²) in [4.78, 5) is 18.5. The predicted octanol–water partition coefficient (Wildman–Crippen LogP) is 2.44. The van der Waals surface area contributed by atoms with E-state index in [1.54, 1.807) is 6.92 Å². The van der Waals surface area contributed by atoms with Gasteiger partial charge >= 0.3 is 0 Å². The number of piperazine rings is 1. The average molecular weight is 297 g/mol. The molecule has 1 heterocycles. The van der Waals surface area contributed by atoms with Crippen molar-refractivity contribution in [3.63, 3.8) is 0 Å². The smallest absolute Gasteiger partial charge is 0.219 e. The Kier molecular flexibility index (Phi) is 8.27. The summed E-state index contributed by atoms with van der Waals surface area (Å²) in [6.45, 7) is 13.8. The molecule has 0 spiro atoms. The molecular formula is C17H35N3O. The lowest BCUT2D eigenvalue weighted by atomic mass is 10.1. The van der Waals surface area contributed by atoms with Crippen molar-refractivity contribution in [3.8, 4) is 0 Å². The van der Waals surface area contributed by atoms with Crippen LogP contribution in [0.4, 0.5) is 0 Å². The van der Waals surface area contributed by atoms with E-state index < -0.39 is 0 Å². The first kappa shape index (κ1) is 18.4. The van der Waals surface area contributed by atoms with Gasteiger partial charge in [-0.3, -0.25) is 9.69 Å². The van der Waals surface area contributed by atoms with Gasteiger partial charge in [0.1, 0.15) is 0 Å². The van der Waals surface area contributed by atoms with Gasteiger partial charge in [0.05, 0.1) is 0 Å². The van der Waals surface area contributed by atoms with Gasteiger partial charge in [-0.1, -0.05) is 19.8 Å². The zero-order valence-corrected chi connectivity index (χ0v) is 14.8. The average Bonchev–Trinajstić information content (AvgIpc) is 2.44. The van der Waals surface area contributed by atoms with Gasteiger partial charge in [-0.05, 0) is 53.4 Å². The number of unbranched alkanes of at least 4 members (excludes halogenated alkanes) is 3. The summed E-state index contributed by atoms with van der Waals surface area (Å²) < 4.78 is 0. The number of hydrogen-bond acceptors (Lipinski definition) is 3. The minimum absolute atomic E-state index is 0.217. The molecule has 0 aliphatic carbocycles. The van der Waals surface area contributed by atoms with Crippen molar-refractivity contribution in [3.05, 3.63) is 0 Å². The lowest BCUT2D eigenvalue weighted by Gasteiger charge is -2.43. The summed E-state index contributed by atoms with van der Waals surface area (Å²) in [5.74, 6) is 0.217. The van der Waals surface area contributed by atoms with E-state index >= 15 is 0 Å². The quantitative estimate of drug-likeness (QED) is 0.644. The molecule has 124 valence electrons. The van der Waals surface area contributed by atoms with E-state index in [1.807, 2.05) is 4.90 Å². The molecule has 0 radical (unpaired) electrons. The number of carbonyl (C=O) groups excluding carboxylic acids is 1. The van der Waals surface area contributed by atoms with E-state index in [-0.39, 0.29) is 5.91 Å². The van der Waals surface area contributed by atoms with Crippen LogP contribution in [0, 0.1) is 0 Å². The number of carbonyl (C=O) groups is 1. The number of amides is 1. The van der Waals surface area contributed by atoms with Crippen LogP contribution in [-0.4, -0.2) is 72.5 Å². The van der Waals surface area contributed by atoms with E-state index in [4.69, 9.17) is 0 Å². The van der Waals surface area contributed by atoms with Crippen molar-refractivity contribution in [2.24, 2.45) is 0 Å². The van der Waals surface area contributed by atoms with Crippen LogP contribution in [0.2, 0.25) is 0 Å². The highest BCUT2D eigenvalue weighted by Gasteiger charge is 2.29. The van der Waals surface area contributed by atoms with Gasteiger partial charge in [-0.15, -0.1) is 0 Å². The molecule has 0 N–H and O–H groups in total. The number of nitrogens with zero attached hydrogens (tertiary/aromatic N) is 3. The van der Waals surface area contributed by atoms with Crippen molar-refractivity contribution >= 4 is 5.91 Å². The molecule has 0 bridgehead atoms. The van der Waals surface area contributed by atoms with E-state index in [0.29, 0.717) is 12.1 Å². The standard InChI is InChI=1S/C17H35N3O/c1-6-18(5)11-9-7-8-10-12-19-13-16(3)20(17(4)21)14-15(19)2/h15-16H,6-14H2,1-5H3. The van der Waals surface area contributed by atoms with E-state index in [1.165, 1.54) is 38.8 Å². The number of rotatable bonds is 8. The van der Waals surface area contributed by atoms with Crippen LogP contribution in [0.25, 0.3) is 0 Å². The summed E-state index contributed by atoms with van der Waals surface area (Å²) in [5, 5.41) is 0. The first-order valence-corrected chi connectivity index (χ1v) is 8.65. The summed E-state index contributed by atoms with van der Waals surface area (Å²) in [6, 6.07) is 0.855. The molecule has 0 aromatic rings. The van der Waals surface area contributed by atoms with Gasteiger partial charge in [0.2, 0.25) is 5.91 Å². The lowest BCUT2D eigenvalue weighted by molar-refractivity contribution is -0.134. The van der Waals surface area contributed by atoms with Gasteiger partial charge in [-0.25, -0.2) is 0 Å². The van der Waals surface area contributed by atoms with Crippen molar-refractivity contribution in [1.82, 2.24) is 14.7 Å². The van der Waals surface area contributed by atoms with Gasteiger partial charge in [0.25, 0.3) is 0 Å². The zero-order chi connectivity index (χ0) is 15.8. The minimum Gasteiger partial charge on any atom is -0.337 e. The molecule has 0 saturated carbocycles. The third-order valence-electron chi connectivity index (χ3n) is 4.79.